The number of ketones is 1. The molecular formula is C15H8BrFO3. The van der Waals surface area contributed by atoms with Crippen LogP contribution in [0.4, 0.5) is 4.39 Å². The van der Waals surface area contributed by atoms with Crippen LogP contribution in [0.2, 0.25) is 0 Å². The maximum atomic E-state index is 13.3. The number of hydrogen-bond donors (Lipinski definition) is 1. The molecule has 0 aromatic heterocycles. The number of allylic oxidation sites excluding steroid dienone is 1. The van der Waals surface area contributed by atoms with Gasteiger partial charge in [0.2, 0.25) is 5.78 Å². The first-order valence-corrected chi connectivity index (χ1v) is 6.56. The largest absolute Gasteiger partial charge is 0.505 e. The molecule has 0 amide bonds. The van der Waals surface area contributed by atoms with E-state index in [4.69, 9.17) is 9.84 Å². The molecule has 0 saturated heterocycles. The summed E-state index contributed by atoms with van der Waals surface area (Å²) in [7, 11) is 0. The zero-order valence-electron chi connectivity index (χ0n) is 10.1. The van der Waals surface area contributed by atoms with E-state index in [0.29, 0.717) is 16.9 Å². The molecule has 0 aliphatic carbocycles. The Morgan fingerprint density at radius 1 is 1.20 bits per heavy atom. The Balaban J connectivity index is 1.99. The molecule has 0 fully saturated rings. The maximum absolute atomic E-state index is 13.3. The molecule has 0 unspecified atom stereocenters. The molecule has 3 rings (SSSR count). The quantitative estimate of drug-likeness (QED) is 0.804. The summed E-state index contributed by atoms with van der Waals surface area (Å²) in [5.74, 6) is -0.829. The van der Waals surface area contributed by atoms with E-state index in [1.807, 2.05) is 0 Å². The van der Waals surface area contributed by atoms with E-state index in [1.165, 1.54) is 18.2 Å². The topological polar surface area (TPSA) is 46.5 Å². The van der Waals surface area contributed by atoms with Crippen LogP contribution in [0, 0.1) is 5.82 Å². The number of Topliss-reactive ketones (excluding diaryl/α,β-unsaturated/α-hetero) is 1. The Labute approximate surface area is 122 Å². The summed E-state index contributed by atoms with van der Waals surface area (Å²) in [4.78, 5) is 12.1. The van der Waals surface area contributed by atoms with Crippen molar-refractivity contribution in [2.24, 2.45) is 0 Å². The highest BCUT2D eigenvalue weighted by Crippen LogP contribution is 2.34. The van der Waals surface area contributed by atoms with Crippen molar-refractivity contribution in [3.63, 3.8) is 0 Å². The minimum atomic E-state index is -0.745. The van der Waals surface area contributed by atoms with Crippen LogP contribution in [-0.2, 0) is 0 Å². The summed E-state index contributed by atoms with van der Waals surface area (Å²) in [6, 6.07) is 9.00. The number of carbonyl (C=O) groups excluding carboxylic acids is 1. The van der Waals surface area contributed by atoms with Crippen LogP contribution in [0.15, 0.2) is 46.6 Å². The van der Waals surface area contributed by atoms with Gasteiger partial charge in [-0.3, -0.25) is 4.79 Å². The van der Waals surface area contributed by atoms with Gasteiger partial charge in [-0.25, -0.2) is 4.39 Å². The highest BCUT2D eigenvalue weighted by atomic mass is 79.9. The van der Waals surface area contributed by atoms with Gasteiger partial charge in [0.1, 0.15) is 5.75 Å². The van der Waals surface area contributed by atoms with Crippen LogP contribution in [0.1, 0.15) is 15.9 Å². The lowest BCUT2D eigenvalue weighted by Crippen LogP contribution is -1.98. The first-order valence-electron chi connectivity index (χ1n) is 5.77. The predicted octanol–water partition coefficient (Wildman–Crippen LogP) is 3.91. The first-order chi connectivity index (χ1) is 9.54. The number of aromatic hydroxyl groups is 1. The van der Waals surface area contributed by atoms with E-state index in [-0.39, 0.29) is 11.5 Å². The van der Waals surface area contributed by atoms with E-state index in [1.54, 1.807) is 18.2 Å². The number of carbonyl (C=O) groups is 1. The second-order valence-corrected chi connectivity index (χ2v) is 5.21. The standard InChI is InChI=1S/C15H8BrFO3/c16-9-2-4-13-10(7-9)15(19)14(20-13)6-8-1-3-12(18)11(17)5-8/h1-7,18H/b14-6-. The average Bonchev–Trinajstić information content (AvgIpc) is 2.71. The fourth-order valence-electron chi connectivity index (χ4n) is 1.93. The van der Waals surface area contributed by atoms with Crippen molar-refractivity contribution in [2.75, 3.05) is 0 Å². The van der Waals surface area contributed by atoms with Crippen LogP contribution in [0.25, 0.3) is 6.08 Å². The number of hydrogen-bond acceptors (Lipinski definition) is 3. The molecule has 0 bridgehead atoms. The van der Waals surface area contributed by atoms with Crippen LogP contribution in [0.3, 0.4) is 0 Å². The highest BCUT2D eigenvalue weighted by Gasteiger charge is 2.27. The Hall–Kier alpha value is -2.14. The molecule has 1 N–H and O–H groups in total. The number of fused-ring (bicyclic) bond motifs is 1. The van der Waals surface area contributed by atoms with Crippen molar-refractivity contribution in [1.82, 2.24) is 0 Å². The third-order valence-electron chi connectivity index (χ3n) is 2.90. The number of phenols is 1. The van der Waals surface area contributed by atoms with E-state index in [0.717, 1.165) is 10.5 Å². The molecule has 20 heavy (non-hydrogen) atoms. The van der Waals surface area contributed by atoms with Crippen molar-refractivity contribution in [1.29, 1.82) is 0 Å². The number of phenolic OH excluding ortho intramolecular Hbond substituents is 1. The fraction of sp³-hybridized carbons (Fsp3) is 0. The lowest BCUT2D eigenvalue weighted by molar-refractivity contribution is 0.101. The predicted molar refractivity (Wildman–Crippen MR) is 75.1 cm³/mol. The van der Waals surface area contributed by atoms with Crippen LogP contribution in [0.5, 0.6) is 11.5 Å². The smallest absolute Gasteiger partial charge is 0.232 e. The summed E-state index contributed by atoms with van der Waals surface area (Å²) in [5, 5.41) is 9.13. The Morgan fingerprint density at radius 3 is 2.75 bits per heavy atom. The second kappa shape index (κ2) is 4.76. The number of ether oxygens (including phenoxy) is 1. The Kier molecular flexibility index (Phi) is 3.06. The van der Waals surface area contributed by atoms with E-state index in [2.05, 4.69) is 15.9 Å². The zero-order chi connectivity index (χ0) is 14.3. The van der Waals surface area contributed by atoms with Crippen molar-refractivity contribution >= 4 is 27.8 Å². The minimum absolute atomic E-state index is 0.128. The molecule has 0 radical (unpaired) electrons. The zero-order valence-corrected chi connectivity index (χ0v) is 11.6. The van der Waals surface area contributed by atoms with Gasteiger partial charge in [0.05, 0.1) is 5.56 Å². The lowest BCUT2D eigenvalue weighted by Gasteiger charge is -2.00. The van der Waals surface area contributed by atoms with Crippen molar-refractivity contribution in [3.05, 3.63) is 63.6 Å². The third kappa shape index (κ3) is 2.20. The first kappa shape index (κ1) is 12.9. The van der Waals surface area contributed by atoms with Crippen LogP contribution in [-0.4, -0.2) is 10.9 Å². The summed E-state index contributed by atoms with van der Waals surface area (Å²) in [6.07, 6.45) is 1.44. The fourth-order valence-corrected chi connectivity index (χ4v) is 2.29. The summed E-state index contributed by atoms with van der Waals surface area (Å²) in [5.41, 5.74) is 0.903. The molecule has 1 heterocycles. The third-order valence-corrected chi connectivity index (χ3v) is 3.39. The van der Waals surface area contributed by atoms with Gasteiger partial charge >= 0.3 is 0 Å². The normalized spacial score (nSPS) is 15.3. The van der Waals surface area contributed by atoms with Gasteiger partial charge in [-0.1, -0.05) is 22.0 Å². The summed E-state index contributed by atoms with van der Waals surface area (Å²) >= 11 is 3.29. The Morgan fingerprint density at radius 2 is 2.00 bits per heavy atom. The minimum Gasteiger partial charge on any atom is -0.505 e. The molecule has 0 spiro atoms. The molecule has 5 heteroatoms. The molecule has 0 saturated carbocycles. The molecule has 3 nitrogen and oxygen atoms in total. The van der Waals surface area contributed by atoms with E-state index < -0.39 is 11.6 Å². The SMILES string of the molecule is O=C1/C(=C/c2ccc(O)c(F)c2)Oc2ccc(Br)cc21. The molecule has 1 aliphatic rings. The number of benzene rings is 2. The lowest BCUT2D eigenvalue weighted by atomic mass is 10.1. The van der Waals surface area contributed by atoms with Crippen molar-refractivity contribution in [3.8, 4) is 11.5 Å². The van der Waals surface area contributed by atoms with Crippen molar-refractivity contribution in [2.45, 2.75) is 0 Å². The van der Waals surface area contributed by atoms with Gasteiger partial charge in [-0.15, -0.1) is 0 Å². The molecule has 2 aromatic carbocycles. The highest BCUT2D eigenvalue weighted by molar-refractivity contribution is 9.10. The molecule has 100 valence electrons. The average molecular weight is 335 g/mol. The molecule has 1 aliphatic heterocycles. The van der Waals surface area contributed by atoms with Crippen LogP contribution >= 0.6 is 15.9 Å². The molecule has 0 atom stereocenters. The Bertz CT molecular complexity index is 753. The summed E-state index contributed by atoms with van der Waals surface area (Å²) in [6.45, 7) is 0. The van der Waals surface area contributed by atoms with Gasteiger partial charge in [-0.05, 0) is 42.0 Å². The molecule has 2 aromatic rings. The van der Waals surface area contributed by atoms with Gasteiger partial charge in [0.15, 0.2) is 17.3 Å². The molecular weight excluding hydrogens is 327 g/mol. The van der Waals surface area contributed by atoms with Gasteiger partial charge < -0.3 is 9.84 Å². The monoisotopic (exact) mass is 334 g/mol. The van der Waals surface area contributed by atoms with E-state index in [9.17, 15) is 9.18 Å². The van der Waals surface area contributed by atoms with Crippen molar-refractivity contribution < 1.29 is 19.0 Å². The van der Waals surface area contributed by atoms with Gasteiger partial charge in [-0.2, -0.15) is 0 Å². The second-order valence-electron chi connectivity index (χ2n) is 4.29. The van der Waals surface area contributed by atoms with Crippen LogP contribution < -0.4 is 4.74 Å². The van der Waals surface area contributed by atoms with Gasteiger partial charge in [0, 0.05) is 4.47 Å². The number of rotatable bonds is 1. The summed E-state index contributed by atoms with van der Waals surface area (Å²) < 4.78 is 19.5. The van der Waals surface area contributed by atoms with Gasteiger partial charge in [0.25, 0.3) is 0 Å². The maximum Gasteiger partial charge on any atom is 0.232 e. The van der Waals surface area contributed by atoms with E-state index >= 15 is 0 Å². The number of halogens is 2.